The largest absolute Gasteiger partial charge is 0.692 e. The second-order valence-corrected chi connectivity index (χ2v) is 6.50. The summed E-state index contributed by atoms with van der Waals surface area (Å²) in [5.41, 5.74) is 3.28. The van der Waals surface area contributed by atoms with Gasteiger partial charge in [-0.25, -0.2) is 0 Å². The van der Waals surface area contributed by atoms with E-state index < -0.39 is 8.25 Å². The fourth-order valence-corrected chi connectivity index (χ4v) is 2.60. The number of H-pyrrole nitrogens is 3. The lowest BCUT2D eigenvalue weighted by Gasteiger charge is -1.83. The van der Waals surface area contributed by atoms with E-state index >= 15 is 0 Å². The molecule has 3 aromatic heterocycles. The molecule has 2 aromatic carbocycles. The highest BCUT2D eigenvalue weighted by Crippen LogP contribution is 2.13. The molecule has 0 spiro atoms. The SMILES string of the molecule is O=Cc1cc2ccccc2[nH]1.O=Cc1cc2ccccc2[nH]1.O=[P+](O)O.c1cc[nH]c1. The monoisotopic (exact) mass is 438 g/mol. The molecule has 0 amide bonds. The molecule has 0 bridgehead atoms. The minimum atomic E-state index is -2.87. The molecule has 158 valence electrons. The Balaban J connectivity index is 0.000000160. The van der Waals surface area contributed by atoms with Crippen LogP contribution >= 0.6 is 8.25 Å². The first-order chi connectivity index (χ1) is 15.0. The van der Waals surface area contributed by atoms with Gasteiger partial charge in [-0.1, -0.05) is 36.4 Å². The number of carbonyl (C=O) groups excluding carboxylic acids is 2. The maximum atomic E-state index is 10.3. The predicted octanol–water partition coefficient (Wildman–Crippen LogP) is 4.60. The molecule has 5 rings (SSSR count). The van der Waals surface area contributed by atoms with Gasteiger partial charge < -0.3 is 15.0 Å². The summed E-state index contributed by atoms with van der Waals surface area (Å²) in [5.74, 6) is 0. The Labute approximate surface area is 178 Å². The van der Waals surface area contributed by atoms with E-state index in [1.807, 2.05) is 85.2 Å². The van der Waals surface area contributed by atoms with Gasteiger partial charge in [0.1, 0.15) is 0 Å². The molecule has 0 radical (unpaired) electrons. The topological polar surface area (TPSA) is 139 Å². The van der Waals surface area contributed by atoms with Crippen LogP contribution in [0.4, 0.5) is 0 Å². The number of hydrogen-bond donors (Lipinski definition) is 5. The van der Waals surface area contributed by atoms with Gasteiger partial charge in [0.2, 0.25) is 0 Å². The van der Waals surface area contributed by atoms with Gasteiger partial charge in [-0.2, -0.15) is 0 Å². The van der Waals surface area contributed by atoms with Crippen LogP contribution in [0.5, 0.6) is 0 Å². The number of aromatic amines is 3. The average molecular weight is 438 g/mol. The van der Waals surface area contributed by atoms with Crippen molar-refractivity contribution in [3.63, 3.8) is 0 Å². The second kappa shape index (κ2) is 12.7. The number of carbonyl (C=O) groups is 2. The summed E-state index contributed by atoms with van der Waals surface area (Å²) in [5, 5.41) is 2.16. The Morgan fingerprint density at radius 1 is 0.677 bits per heavy atom. The smallest absolute Gasteiger partial charge is 0.368 e. The van der Waals surface area contributed by atoms with E-state index in [0.717, 1.165) is 34.4 Å². The first kappa shape index (κ1) is 23.4. The number of para-hydroxylation sites is 2. The molecule has 5 N–H and O–H groups in total. The van der Waals surface area contributed by atoms with Crippen LogP contribution in [-0.4, -0.2) is 37.3 Å². The average Bonchev–Trinajstić information content (AvgIpc) is 3.54. The quantitative estimate of drug-likeness (QED) is 0.202. The Morgan fingerprint density at radius 2 is 1.06 bits per heavy atom. The van der Waals surface area contributed by atoms with Crippen LogP contribution in [0.25, 0.3) is 21.8 Å². The van der Waals surface area contributed by atoms with Crippen molar-refractivity contribution in [3.05, 3.63) is 96.6 Å². The van der Waals surface area contributed by atoms with E-state index in [0.29, 0.717) is 11.4 Å². The lowest BCUT2D eigenvalue weighted by Crippen LogP contribution is -1.73. The summed E-state index contributed by atoms with van der Waals surface area (Å²) in [6.07, 6.45) is 5.39. The molecule has 0 fully saturated rings. The third-order valence-electron chi connectivity index (χ3n) is 3.85. The Hall–Kier alpha value is -3.84. The van der Waals surface area contributed by atoms with Crippen molar-refractivity contribution >= 4 is 42.6 Å². The van der Waals surface area contributed by atoms with E-state index in [1.165, 1.54) is 0 Å². The van der Waals surface area contributed by atoms with E-state index in [-0.39, 0.29) is 0 Å². The normalized spacial score (nSPS) is 9.35. The summed E-state index contributed by atoms with van der Waals surface area (Å²) in [4.78, 5) is 43.7. The number of aldehydes is 2. The predicted molar refractivity (Wildman–Crippen MR) is 120 cm³/mol. The van der Waals surface area contributed by atoms with Crippen LogP contribution in [-0.2, 0) is 4.57 Å². The van der Waals surface area contributed by atoms with Gasteiger partial charge in [-0.15, -0.1) is 9.79 Å². The van der Waals surface area contributed by atoms with Crippen LogP contribution < -0.4 is 0 Å². The zero-order chi connectivity index (χ0) is 22.5. The van der Waals surface area contributed by atoms with Crippen LogP contribution in [0, 0.1) is 0 Å². The second-order valence-electron chi connectivity index (χ2n) is 6.00. The fraction of sp³-hybridized carbons (Fsp3) is 0. The Kier molecular flexibility index (Phi) is 9.58. The van der Waals surface area contributed by atoms with Crippen molar-refractivity contribution in [1.29, 1.82) is 0 Å². The molecule has 0 atom stereocenters. The van der Waals surface area contributed by atoms with Crippen molar-refractivity contribution in [2.24, 2.45) is 0 Å². The molecule has 0 saturated heterocycles. The van der Waals surface area contributed by atoms with Crippen molar-refractivity contribution in [1.82, 2.24) is 15.0 Å². The molecule has 31 heavy (non-hydrogen) atoms. The van der Waals surface area contributed by atoms with Gasteiger partial charge in [-0.05, 0) is 36.4 Å². The third kappa shape index (κ3) is 8.20. The van der Waals surface area contributed by atoms with E-state index in [2.05, 4.69) is 15.0 Å². The van der Waals surface area contributed by atoms with Crippen LogP contribution in [0.15, 0.2) is 85.2 Å². The van der Waals surface area contributed by atoms with Crippen LogP contribution in [0.1, 0.15) is 21.0 Å². The molecular formula is C22H21N3O5P+. The molecule has 8 nitrogen and oxygen atoms in total. The maximum Gasteiger partial charge on any atom is 0.692 e. The zero-order valence-corrected chi connectivity index (χ0v) is 17.2. The van der Waals surface area contributed by atoms with Gasteiger partial charge in [-0.3, -0.25) is 9.59 Å². The van der Waals surface area contributed by atoms with Crippen molar-refractivity contribution in [3.8, 4) is 0 Å². The molecule has 0 saturated carbocycles. The van der Waals surface area contributed by atoms with E-state index in [9.17, 15) is 9.59 Å². The lowest BCUT2D eigenvalue weighted by atomic mass is 10.2. The number of hydrogen-bond acceptors (Lipinski definition) is 3. The summed E-state index contributed by atoms with van der Waals surface area (Å²) >= 11 is 0. The summed E-state index contributed by atoms with van der Waals surface area (Å²) in [6, 6.07) is 23.2. The minimum absolute atomic E-state index is 0.631. The Bertz CT molecular complexity index is 1060. The number of benzene rings is 2. The number of fused-ring (bicyclic) bond motifs is 2. The van der Waals surface area contributed by atoms with Gasteiger partial charge in [0.25, 0.3) is 0 Å². The molecule has 5 aromatic rings. The molecule has 3 heterocycles. The van der Waals surface area contributed by atoms with Crippen LogP contribution in [0.3, 0.4) is 0 Å². The van der Waals surface area contributed by atoms with E-state index in [1.54, 1.807) is 0 Å². The Morgan fingerprint density at radius 3 is 1.35 bits per heavy atom. The minimum Gasteiger partial charge on any atom is -0.368 e. The lowest BCUT2D eigenvalue weighted by molar-refractivity contribution is 0.111. The first-order valence-corrected chi connectivity index (χ1v) is 10.2. The van der Waals surface area contributed by atoms with Crippen molar-refractivity contribution in [2.45, 2.75) is 0 Å². The van der Waals surface area contributed by atoms with Gasteiger partial charge in [0.15, 0.2) is 12.6 Å². The number of aromatic nitrogens is 3. The van der Waals surface area contributed by atoms with Gasteiger partial charge in [0, 0.05) is 38.8 Å². The molecule has 0 aliphatic heterocycles. The molecule has 0 unspecified atom stereocenters. The third-order valence-corrected chi connectivity index (χ3v) is 3.85. The highest BCUT2D eigenvalue weighted by molar-refractivity contribution is 7.30. The molecular weight excluding hydrogens is 417 g/mol. The fourth-order valence-electron chi connectivity index (χ4n) is 2.60. The summed E-state index contributed by atoms with van der Waals surface area (Å²) in [7, 11) is -2.87. The van der Waals surface area contributed by atoms with E-state index in [4.69, 9.17) is 14.4 Å². The van der Waals surface area contributed by atoms with Gasteiger partial charge in [0.05, 0.1) is 11.4 Å². The zero-order valence-electron chi connectivity index (χ0n) is 16.3. The van der Waals surface area contributed by atoms with Crippen LogP contribution in [0.2, 0.25) is 0 Å². The highest BCUT2D eigenvalue weighted by Gasteiger charge is 1.97. The molecule has 0 aliphatic rings. The summed E-state index contributed by atoms with van der Waals surface area (Å²) in [6.45, 7) is 0. The molecule has 9 heteroatoms. The number of rotatable bonds is 2. The number of nitrogens with one attached hydrogen (secondary N) is 3. The van der Waals surface area contributed by atoms with Crippen molar-refractivity contribution < 1.29 is 23.9 Å². The maximum absolute atomic E-state index is 10.3. The first-order valence-electron chi connectivity index (χ1n) is 9.02. The van der Waals surface area contributed by atoms with Gasteiger partial charge >= 0.3 is 8.25 Å². The summed E-state index contributed by atoms with van der Waals surface area (Å²) < 4.78 is 8.70. The standard InChI is InChI=1S/2C9H7NO.C4H5N.HO3P/c2*11-6-8-5-7-3-1-2-4-9(7)10-8;1-2-4-5-3-1;1-4(2)3/h2*1-6,10H;1-5H;(H-,1,2,3)/p+1. The highest BCUT2D eigenvalue weighted by atomic mass is 31.1. The molecule has 0 aliphatic carbocycles. The van der Waals surface area contributed by atoms with Crippen molar-refractivity contribution in [2.75, 3.05) is 0 Å².